The van der Waals surface area contributed by atoms with E-state index in [1.54, 1.807) is 6.92 Å². The third-order valence-electron chi connectivity index (χ3n) is 2.21. The summed E-state index contributed by atoms with van der Waals surface area (Å²) in [4.78, 5) is 0. The predicted octanol–water partition coefficient (Wildman–Crippen LogP) is -0.259. The first-order valence-corrected chi connectivity index (χ1v) is 5.82. The van der Waals surface area contributed by atoms with Crippen LogP contribution in [0.5, 0.6) is 0 Å². The molecule has 0 spiro atoms. The average molecular weight is 211 g/mol. The number of rotatable bonds is 3. The lowest BCUT2D eigenvalue weighted by Gasteiger charge is -2.21. The minimum absolute atomic E-state index is 0.104. The molecular weight excluding hydrogens is 197 g/mol. The molecule has 13 heavy (non-hydrogen) atoms. The Bertz CT molecular complexity index is 267. The molecule has 0 aromatic rings. The molecule has 1 heterocycles. The predicted molar refractivity (Wildman–Crippen MR) is 46.6 cm³/mol. The van der Waals surface area contributed by atoms with Crippen molar-refractivity contribution in [2.24, 2.45) is 0 Å². The molecular formula is C7H14FNO3S. The summed E-state index contributed by atoms with van der Waals surface area (Å²) in [5.74, 6) is 0.104. The van der Waals surface area contributed by atoms with Crippen molar-refractivity contribution in [3.8, 4) is 0 Å². The fourth-order valence-electron chi connectivity index (χ4n) is 1.40. The van der Waals surface area contributed by atoms with Gasteiger partial charge in [-0.15, -0.1) is 0 Å². The van der Waals surface area contributed by atoms with Crippen molar-refractivity contribution in [3.63, 3.8) is 0 Å². The van der Waals surface area contributed by atoms with Crippen LogP contribution in [0.15, 0.2) is 0 Å². The van der Waals surface area contributed by atoms with Crippen LogP contribution in [-0.4, -0.2) is 48.9 Å². The van der Waals surface area contributed by atoms with E-state index in [1.165, 1.54) is 4.31 Å². The van der Waals surface area contributed by atoms with Gasteiger partial charge in [0.1, 0.15) is 6.67 Å². The van der Waals surface area contributed by atoms with Crippen LogP contribution in [0.4, 0.5) is 4.39 Å². The van der Waals surface area contributed by atoms with Gasteiger partial charge in [0.25, 0.3) is 0 Å². The Kier molecular flexibility index (Phi) is 3.26. The van der Waals surface area contributed by atoms with Crippen molar-refractivity contribution < 1.29 is 17.9 Å². The van der Waals surface area contributed by atoms with Crippen LogP contribution < -0.4 is 0 Å². The summed E-state index contributed by atoms with van der Waals surface area (Å²) < 4.78 is 35.8. The van der Waals surface area contributed by atoms with E-state index >= 15 is 0 Å². The molecule has 0 aromatic carbocycles. The Hall–Kier alpha value is -0.200. The van der Waals surface area contributed by atoms with Crippen molar-refractivity contribution in [1.29, 1.82) is 0 Å². The molecule has 1 aliphatic rings. The second kappa shape index (κ2) is 3.89. The van der Waals surface area contributed by atoms with Gasteiger partial charge >= 0.3 is 0 Å². The number of aliphatic hydroxyl groups excluding tert-OH is 1. The first-order chi connectivity index (χ1) is 5.97. The normalized spacial score (nSPS) is 30.5. The number of alkyl halides is 1. The minimum atomic E-state index is -3.23. The number of hydrogen-bond acceptors (Lipinski definition) is 3. The summed E-state index contributed by atoms with van der Waals surface area (Å²) >= 11 is 0. The highest BCUT2D eigenvalue weighted by Gasteiger charge is 2.35. The number of nitrogens with zero attached hydrogens (tertiary/aromatic N) is 1. The Labute approximate surface area is 77.4 Å². The van der Waals surface area contributed by atoms with Gasteiger partial charge in [0, 0.05) is 12.6 Å². The lowest BCUT2D eigenvalue weighted by molar-refractivity contribution is 0.111. The van der Waals surface area contributed by atoms with Gasteiger partial charge in [-0.1, -0.05) is 0 Å². The van der Waals surface area contributed by atoms with Crippen LogP contribution >= 0.6 is 0 Å². The van der Waals surface area contributed by atoms with E-state index in [0.29, 0.717) is 6.42 Å². The van der Waals surface area contributed by atoms with Crippen molar-refractivity contribution in [1.82, 2.24) is 4.31 Å². The van der Waals surface area contributed by atoms with Crippen LogP contribution in [0.2, 0.25) is 0 Å². The van der Waals surface area contributed by atoms with E-state index in [4.69, 9.17) is 5.11 Å². The highest BCUT2D eigenvalue weighted by Crippen LogP contribution is 2.20. The zero-order chi connectivity index (χ0) is 10.1. The lowest BCUT2D eigenvalue weighted by Crippen LogP contribution is -2.38. The molecule has 2 atom stereocenters. The standard InChI is InChI=1S/C7H14FNO3S/c1-6-2-3-13(11,12)9(6)5-7(10)4-8/h6-7,10H,2-5H2,1H3. The molecule has 0 amide bonds. The molecule has 0 radical (unpaired) electrons. The quantitative estimate of drug-likeness (QED) is 0.699. The Morgan fingerprint density at radius 3 is 2.69 bits per heavy atom. The van der Waals surface area contributed by atoms with E-state index in [9.17, 15) is 12.8 Å². The molecule has 1 aliphatic heterocycles. The van der Waals surface area contributed by atoms with Gasteiger partial charge in [0.2, 0.25) is 10.0 Å². The number of sulfonamides is 1. The molecule has 6 heteroatoms. The van der Waals surface area contributed by atoms with Crippen molar-refractivity contribution in [2.45, 2.75) is 25.5 Å². The lowest BCUT2D eigenvalue weighted by atomic mass is 10.2. The van der Waals surface area contributed by atoms with E-state index in [1.807, 2.05) is 0 Å². The SMILES string of the molecule is CC1CCS(=O)(=O)N1CC(O)CF. The maximum absolute atomic E-state index is 11.9. The number of aliphatic hydroxyl groups is 1. The molecule has 1 fully saturated rings. The monoisotopic (exact) mass is 211 g/mol. The molecule has 0 aromatic heterocycles. The summed E-state index contributed by atoms with van der Waals surface area (Å²) in [7, 11) is -3.23. The van der Waals surface area contributed by atoms with Crippen molar-refractivity contribution in [2.75, 3.05) is 19.0 Å². The molecule has 1 saturated heterocycles. The molecule has 78 valence electrons. The second-order valence-electron chi connectivity index (χ2n) is 3.33. The van der Waals surface area contributed by atoms with Crippen LogP contribution in [0.3, 0.4) is 0 Å². The topological polar surface area (TPSA) is 57.6 Å². The van der Waals surface area contributed by atoms with E-state index in [0.717, 1.165) is 0 Å². The Morgan fingerprint density at radius 2 is 2.31 bits per heavy atom. The third-order valence-corrected chi connectivity index (χ3v) is 4.19. The number of hydrogen-bond donors (Lipinski definition) is 1. The Morgan fingerprint density at radius 1 is 1.69 bits per heavy atom. The maximum atomic E-state index is 11.9. The van der Waals surface area contributed by atoms with Gasteiger partial charge in [-0.3, -0.25) is 0 Å². The zero-order valence-corrected chi connectivity index (χ0v) is 8.30. The average Bonchev–Trinajstić information content (AvgIpc) is 2.31. The van der Waals surface area contributed by atoms with Crippen LogP contribution in [0, 0.1) is 0 Å². The molecule has 1 rings (SSSR count). The summed E-state index contributed by atoms with van der Waals surface area (Å²) in [5, 5.41) is 8.99. The van der Waals surface area contributed by atoms with E-state index in [2.05, 4.69) is 0 Å². The largest absolute Gasteiger partial charge is 0.389 e. The van der Waals surface area contributed by atoms with Gasteiger partial charge < -0.3 is 5.11 Å². The van der Waals surface area contributed by atoms with Crippen LogP contribution in [-0.2, 0) is 10.0 Å². The number of halogens is 1. The van der Waals surface area contributed by atoms with Gasteiger partial charge in [-0.25, -0.2) is 12.8 Å². The summed E-state index contributed by atoms with van der Waals surface area (Å²) in [6, 6.07) is -0.119. The summed E-state index contributed by atoms with van der Waals surface area (Å²) in [6.45, 7) is 0.730. The second-order valence-corrected chi connectivity index (χ2v) is 5.37. The van der Waals surface area contributed by atoms with E-state index in [-0.39, 0.29) is 18.3 Å². The summed E-state index contributed by atoms with van der Waals surface area (Å²) in [6.07, 6.45) is -0.642. The summed E-state index contributed by atoms with van der Waals surface area (Å²) in [5.41, 5.74) is 0. The highest BCUT2D eigenvalue weighted by molar-refractivity contribution is 7.89. The van der Waals surface area contributed by atoms with Crippen LogP contribution in [0.25, 0.3) is 0 Å². The molecule has 0 saturated carbocycles. The zero-order valence-electron chi connectivity index (χ0n) is 7.48. The first kappa shape index (κ1) is 10.9. The molecule has 2 unspecified atom stereocenters. The maximum Gasteiger partial charge on any atom is 0.214 e. The number of β-amino-alcohol motifs (C(OH)–C–C–N with tert-alkyl or cyclic N) is 1. The molecule has 4 nitrogen and oxygen atoms in total. The van der Waals surface area contributed by atoms with Gasteiger partial charge in [-0.2, -0.15) is 4.31 Å². The van der Waals surface area contributed by atoms with Gasteiger partial charge in [0.15, 0.2) is 0 Å². The fourth-order valence-corrected chi connectivity index (χ4v) is 3.33. The molecule has 0 bridgehead atoms. The van der Waals surface area contributed by atoms with E-state index < -0.39 is 22.8 Å². The Balaban J connectivity index is 2.66. The smallest absolute Gasteiger partial charge is 0.214 e. The fraction of sp³-hybridized carbons (Fsp3) is 1.00. The highest BCUT2D eigenvalue weighted by atomic mass is 32.2. The molecule has 0 aliphatic carbocycles. The van der Waals surface area contributed by atoms with Gasteiger partial charge in [0.05, 0.1) is 11.9 Å². The minimum Gasteiger partial charge on any atom is -0.389 e. The molecule has 1 N–H and O–H groups in total. The van der Waals surface area contributed by atoms with Gasteiger partial charge in [-0.05, 0) is 13.3 Å². The van der Waals surface area contributed by atoms with Crippen molar-refractivity contribution in [3.05, 3.63) is 0 Å². The van der Waals surface area contributed by atoms with Crippen LogP contribution in [0.1, 0.15) is 13.3 Å². The first-order valence-electron chi connectivity index (χ1n) is 4.21. The third kappa shape index (κ3) is 2.38. The van der Waals surface area contributed by atoms with Crippen molar-refractivity contribution >= 4 is 10.0 Å².